The third kappa shape index (κ3) is 15.9. The van der Waals surface area contributed by atoms with Crippen molar-refractivity contribution < 1.29 is 8.42 Å². The van der Waals surface area contributed by atoms with Gasteiger partial charge in [-0.25, -0.2) is 8.42 Å². The van der Waals surface area contributed by atoms with Crippen LogP contribution in [0.1, 0.15) is 27.2 Å². The fourth-order valence-electron chi connectivity index (χ4n) is 0.660. The first-order valence-electron chi connectivity index (χ1n) is 5.00. The van der Waals surface area contributed by atoms with Gasteiger partial charge in [-0.15, -0.1) is 0 Å². The minimum Gasteiger partial charge on any atom is -0.229 e. The fraction of sp³-hybridized carbons (Fsp3) is 0.500. The van der Waals surface area contributed by atoms with E-state index in [0.717, 1.165) is 11.1 Å². The van der Waals surface area contributed by atoms with Gasteiger partial charge in [0.25, 0.3) is 0 Å². The van der Waals surface area contributed by atoms with Crippen LogP contribution in [-0.2, 0) is 9.84 Å². The van der Waals surface area contributed by atoms with E-state index in [4.69, 9.17) is 0 Å². The zero-order chi connectivity index (χ0) is 12.5. The molecule has 0 atom stereocenters. The zero-order valence-corrected chi connectivity index (χ0v) is 11.0. The molecule has 15 heavy (non-hydrogen) atoms. The lowest BCUT2D eigenvalue weighted by Gasteiger charge is -1.98. The van der Waals surface area contributed by atoms with E-state index in [-0.39, 0.29) is 5.75 Å². The second-order valence-electron chi connectivity index (χ2n) is 3.22. The summed E-state index contributed by atoms with van der Waals surface area (Å²) in [5, 5.41) is 0. The lowest BCUT2D eigenvalue weighted by Crippen LogP contribution is -2.02. The molecule has 0 aromatic rings. The van der Waals surface area contributed by atoms with Crippen LogP contribution in [0.5, 0.6) is 0 Å². The molecule has 0 unspecified atom stereocenters. The highest BCUT2D eigenvalue weighted by atomic mass is 32.2. The Morgan fingerprint density at radius 1 is 1.20 bits per heavy atom. The summed E-state index contributed by atoms with van der Waals surface area (Å²) in [4.78, 5) is 0. The average Bonchev–Trinajstić information content (AvgIpc) is 2.13. The van der Waals surface area contributed by atoms with Crippen LogP contribution in [0.4, 0.5) is 0 Å². The monoisotopic (exact) mass is 230 g/mol. The summed E-state index contributed by atoms with van der Waals surface area (Å²) in [6.07, 6.45) is 5.34. The largest absolute Gasteiger partial charge is 0.229 e. The SMILES string of the molecule is C=C(C)/C=C\C(=C)CCS(C)(=O)=O.CC. The summed E-state index contributed by atoms with van der Waals surface area (Å²) in [5.74, 6) is 0.159. The summed E-state index contributed by atoms with van der Waals surface area (Å²) >= 11 is 0. The van der Waals surface area contributed by atoms with Gasteiger partial charge in [0.2, 0.25) is 0 Å². The Morgan fingerprint density at radius 3 is 2.00 bits per heavy atom. The summed E-state index contributed by atoms with van der Waals surface area (Å²) in [6, 6.07) is 0. The van der Waals surface area contributed by atoms with Gasteiger partial charge in [-0.3, -0.25) is 0 Å². The van der Waals surface area contributed by atoms with E-state index in [9.17, 15) is 8.42 Å². The van der Waals surface area contributed by atoms with Crippen LogP contribution in [0, 0.1) is 0 Å². The molecule has 0 spiro atoms. The molecule has 0 rings (SSSR count). The molecule has 0 bridgehead atoms. The molecule has 0 aliphatic heterocycles. The maximum Gasteiger partial charge on any atom is 0.147 e. The highest BCUT2D eigenvalue weighted by Crippen LogP contribution is 2.04. The van der Waals surface area contributed by atoms with E-state index in [1.807, 2.05) is 26.8 Å². The summed E-state index contributed by atoms with van der Waals surface area (Å²) in [6.45, 7) is 13.3. The molecule has 0 aromatic carbocycles. The standard InChI is InChI=1S/C10H16O2S.C2H6/c1-9(2)5-6-10(3)7-8-13(4,11)12;1-2/h5-6H,1,3,7-8H2,2,4H3;1-2H3/b6-5-;. The molecule has 3 heteroatoms. The van der Waals surface area contributed by atoms with Gasteiger partial charge in [0.1, 0.15) is 9.84 Å². The van der Waals surface area contributed by atoms with Crippen LogP contribution >= 0.6 is 0 Å². The molecule has 88 valence electrons. The van der Waals surface area contributed by atoms with Crippen LogP contribution in [0.25, 0.3) is 0 Å². The molecule has 0 fully saturated rings. The van der Waals surface area contributed by atoms with Crippen LogP contribution < -0.4 is 0 Å². The second kappa shape index (κ2) is 8.48. The second-order valence-corrected chi connectivity index (χ2v) is 5.48. The van der Waals surface area contributed by atoms with Crippen LogP contribution in [0.3, 0.4) is 0 Å². The van der Waals surface area contributed by atoms with E-state index in [0.29, 0.717) is 6.42 Å². The highest BCUT2D eigenvalue weighted by Gasteiger charge is 2.01. The van der Waals surface area contributed by atoms with E-state index >= 15 is 0 Å². The number of sulfone groups is 1. The smallest absolute Gasteiger partial charge is 0.147 e. The minimum atomic E-state index is -2.87. The Kier molecular flexibility index (Phi) is 9.38. The molecule has 0 aromatic heterocycles. The first-order chi connectivity index (χ1) is 6.81. The summed E-state index contributed by atoms with van der Waals surface area (Å²) in [5.41, 5.74) is 1.74. The van der Waals surface area contributed by atoms with Gasteiger partial charge in [-0.1, -0.05) is 50.3 Å². The van der Waals surface area contributed by atoms with Crippen molar-refractivity contribution in [3.05, 3.63) is 36.5 Å². The van der Waals surface area contributed by atoms with Crippen LogP contribution in [0.2, 0.25) is 0 Å². The molecule has 0 saturated carbocycles. The van der Waals surface area contributed by atoms with E-state index in [2.05, 4.69) is 13.2 Å². The van der Waals surface area contributed by atoms with Gasteiger partial charge in [0.05, 0.1) is 5.75 Å². The average molecular weight is 230 g/mol. The minimum absolute atomic E-state index is 0.159. The molecular formula is C12H22O2S. The Bertz CT molecular complexity index is 322. The molecule has 0 saturated heterocycles. The summed E-state index contributed by atoms with van der Waals surface area (Å²) in [7, 11) is -2.87. The topological polar surface area (TPSA) is 34.1 Å². The van der Waals surface area contributed by atoms with E-state index in [1.165, 1.54) is 6.26 Å². The van der Waals surface area contributed by atoms with Crippen molar-refractivity contribution in [1.82, 2.24) is 0 Å². The van der Waals surface area contributed by atoms with Crippen molar-refractivity contribution in [3.8, 4) is 0 Å². The molecule has 0 heterocycles. The maximum absolute atomic E-state index is 10.8. The highest BCUT2D eigenvalue weighted by molar-refractivity contribution is 7.90. The number of hydrogen-bond acceptors (Lipinski definition) is 2. The molecule has 0 radical (unpaired) electrons. The van der Waals surface area contributed by atoms with Gasteiger partial charge >= 0.3 is 0 Å². The Morgan fingerprint density at radius 2 is 1.67 bits per heavy atom. The molecule has 0 aliphatic carbocycles. The number of rotatable bonds is 5. The molecule has 0 aliphatic rings. The number of allylic oxidation sites excluding steroid dienone is 4. The quantitative estimate of drug-likeness (QED) is 0.680. The lowest BCUT2D eigenvalue weighted by molar-refractivity contribution is 0.601. The van der Waals surface area contributed by atoms with E-state index in [1.54, 1.807) is 6.08 Å². The van der Waals surface area contributed by atoms with Crippen molar-refractivity contribution >= 4 is 9.84 Å². The zero-order valence-electron chi connectivity index (χ0n) is 10.2. The normalized spacial score (nSPS) is 10.7. The van der Waals surface area contributed by atoms with Crippen LogP contribution in [0.15, 0.2) is 36.5 Å². The van der Waals surface area contributed by atoms with E-state index < -0.39 is 9.84 Å². The summed E-state index contributed by atoms with van der Waals surface area (Å²) < 4.78 is 21.6. The van der Waals surface area contributed by atoms with Crippen LogP contribution in [-0.4, -0.2) is 20.4 Å². The Hall–Kier alpha value is -0.830. The number of hydrogen-bond donors (Lipinski definition) is 0. The van der Waals surface area contributed by atoms with Crippen molar-refractivity contribution in [3.63, 3.8) is 0 Å². The molecule has 0 N–H and O–H groups in total. The maximum atomic E-state index is 10.8. The molecular weight excluding hydrogens is 208 g/mol. The predicted octanol–water partition coefficient (Wildman–Crippen LogP) is 3.14. The van der Waals surface area contributed by atoms with Crippen molar-refractivity contribution in [2.75, 3.05) is 12.0 Å². The Balaban J connectivity index is 0. The van der Waals surface area contributed by atoms with Crippen molar-refractivity contribution in [1.29, 1.82) is 0 Å². The van der Waals surface area contributed by atoms with Gasteiger partial charge < -0.3 is 0 Å². The van der Waals surface area contributed by atoms with Crippen molar-refractivity contribution in [2.24, 2.45) is 0 Å². The lowest BCUT2D eigenvalue weighted by atomic mass is 10.2. The van der Waals surface area contributed by atoms with Crippen molar-refractivity contribution in [2.45, 2.75) is 27.2 Å². The third-order valence-electron chi connectivity index (χ3n) is 1.40. The molecule has 0 amide bonds. The first-order valence-corrected chi connectivity index (χ1v) is 7.06. The third-order valence-corrected chi connectivity index (χ3v) is 2.34. The van der Waals surface area contributed by atoms with Gasteiger partial charge in [-0.05, 0) is 13.3 Å². The first kappa shape index (κ1) is 16.6. The Labute approximate surface area is 94.3 Å². The van der Waals surface area contributed by atoms with Gasteiger partial charge in [0, 0.05) is 6.26 Å². The predicted molar refractivity (Wildman–Crippen MR) is 68.8 cm³/mol. The van der Waals surface area contributed by atoms with Gasteiger partial charge in [0.15, 0.2) is 0 Å². The molecule has 2 nitrogen and oxygen atoms in total. The van der Waals surface area contributed by atoms with Gasteiger partial charge in [-0.2, -0.15) is 0 Å². The fourth-order valence-corrected chi connectivity index (χ4v) is 1.29.